The highest BCUT2D eigenvalue weighted by Crippen LogP contribution is 2.39. The quantitative estimate of drug-likeness (QED) is 0.720. The Morgan fingerprint density at radius 3 is 2.81 bits per heavy atom. The van der Waals surface area contributed by atoms with Crippen LogP contribution in [0.5, 0.6) is 0 Å². The van der Waals surface area contributed by atoms with Crippen LogP contribution in [0.4, 0.5) is 5.69 Å². The number of likely N-dealkylation sites (tertiary alicyclic amines) is 1. The third-order valence-electron chi connectivity index (χ3n) is 3.52. The molecule has 2 aliphatic heterocycles. The molecule has 0 radical (unpaired) electrons. The van der Waals surface area contributed by atoms with Gasteiger partial charge in [0.15, 0.2) is 0 Å². The topological polar surface area (TPSA) is 15.3 Å². The van der Waals surface area contributed by atoms with E-state index >= 15 is 0 Å². The molecule has 2 unspecified atom stereocenters. The van der Waals surface area contributed by atoms with Crippen molar-refractivity contribution in [1.82, 2.24) is 4.90 Å². The molecule has 0 aliphatic carbocycles. The number of anilines is 1. The van der Waals surface area contributed by atoms with Crippen LogP contribution in [0.15, 0.2) is 24.3 Å². The van der Waals surface area contributed by atoms with Gasteiger partial charge in [-0.2, -0.15) is 0 Å². The van der Waals surface area contributed by atoms with Crippen molar-refractivity contribution in [2.75, 3.05) is 25.5 Å². The second-order valence-electron chi connectivity index (χ2n) is 4.50. The van der Waals surface area contributed by atoms with E-state index in [-0.39, 0.29) is 0 Å². The van der Waals surface area contributed by atoms with Gasteiger partial charge in [-0.1, -0.05) is 32.0 Å². The monoisotopic (exact) mass is 218 g/mol. The highest BCUT2D eigenvalue weighted by molar-refractivity contribution is 5.59. The summed E-state index contributed by atoms with van der Waals surface area (Å²) >= 11 is 0. The zero-order valence-electron chi connectivity index (χ0n) is 10.5. The Bertz CT molecular complexity index is 348. The summed E-state index contributed by atoms with van der Waals surface area (Å²) in [6.45, 7) is 6.41. The van der Waals surface area contributed by atoms with Crippen molar-refractivity contribution in [3.8, 4) is 0 Å². The molecule has 2 atom stereocenters. The predicted molar refractivity (Wildman–Crippen MR) is 70.1 cm³/mol. The third-order valence-corrected chi connectivity index (χ3v) is 3.52. The van der Waals surface area contributed by atoms with Crippen LogP contribution in [-0.2, 0) is 0 Å². The zero-order chi connectivity index (χ0) is 11.5. The first-order valence-electron chi connectivity index (χ1n) is 6.38. The Balaban J connectivity index is 0.000000457. The molecule has 16 heavy (non-hydrogen) atoms. The van der Waals surface area contributed by atoms with Gasteiger partial charge in [0.1, 0.15) is 0 Å². The molecule has 0 aromatic heterocycles. The summed E-state index contributed by atoms with van der Waals surface area (Å²) in [6, 6.07) is 9.39. The lowest BCUT2D eigenvalue weighted by Crippen LogP contribution is -2.41. The Hall–Kier alpha value is -1.02. The fourth-order valence-corrected chi connectivity index (χ4v) is 2.78. The van der Waals surface area contributed by atoms with Crippen LogP contribution in [0.25, 0.3) is 0 Å². The SMILES string of the molecule is CC.CN1CCC2c3ccccc3NC2C1. The van der Waals surface area contributed by atoms with E-state index in [2.05, 4.69) is 41.5 Å². The summed E-state index contributed by atoms with van der Waals surface area (Å²) in [6.07, 6.45) is 1.30. The average Bonchev–Trinajstić information content (AvgIpc) is 2.68. The lowest BCUT2D eigenvalue weighted by atomic mass is 9.89. The van der Waals surface area contributed by atoms with Crippen LogP contribution >= 0.6 is 0 Å². The summed E-state index contributed by atoms with van der Waals surface area (Å²) in [5.41, 5.74) is 2.89. The summed E-state index contributed by atoms with van der Waals surface area (Å²) in [5.74, 6) is 0.752. The molecule has 2 heterocycles. The highest BCUT2D eigenvalue weighted by atomic mass is 15.2. The number of nitrogens with zero attached hydrogens (tertiary/aromatic N) is 1. The lowest BCUT2D eigenvalue weighted by molar-refractivity contribution is 0.245. The molecule has 0 saturated carbocycles. The molecule has 0 bridgehead atoms. The maximum Gasteiger partial charge on any atom is 0.0458 e. The maximum absolute atomic E-state index is 3.63. The van der Waals surface area contributed by atoms with E-state index in [1.165, 1.54) is 30.8 Å². The first-order chi connectivity index (χ1) is 7.84. The molecular weight excluding hydrogens is 196 g/mol. The van der Waals surface area contributed by atoms with Crippen LogP contribution in [0, 0.1) is 0 Å². The van der Waals surface area contributed by atoms with Gasteiger partial charge in [0.2, 0.25) is 0 Å². The molecule has 3 rings (SSSR count). The minimum atomic E-state index is 0.645. The highest BCUT2D eigenvalue weighted by Gasteiger charge is 2.34. The fraction of sp³-hybridized carbons (Fsp3) is 0.571. The van der Waals surface area contributed by atoms with E-state index < -0.39 is 0 Å². The minimum absolute atomic E-state index is 0.645. The van der Waals surface area contributed by atoms with Crippen molar-refractivity contribution in [3.05, 3.63) is 29.8 Å². The number of rotatable bonds is 0. The van der Waals surface area contributed by atoms with Crippen molar-refractivity contribution in [2.45, 2.75) is 32.2 Å². The number of piperidine rings is 1. The van der Waals surface area contributed by atoms with Gasteiger partial charge >= 0.3 is 0 Å². The number of fused-ring (bicyclic) bond motifs is 3. The van der Waals surface area contributed by atoms with Crippen LogP contribution in [0.3, 0.4) is 0 Å². The van der Waals surface area contributed by atoms with E-state index in [4.69, 9.17) is 0 Å². The van der Waals surface area contributed by atoms with Gasteiger partial charge in [-0.25, -0.2) is 0 Å². The Morgan fingerprint density at radius 1 is 1.25 bits per heavy atom. The van der Waals surface area contributed by atoms with E-state index in [0.717, 1.165) is 5.92 Å². The second kappa shape index (κ2) is 4.88. The molecule has 2 aliphatic rings. The van der Waals surface area contributed by atoms with E-state index in [1.54, 1.807) is 0 Å². The molecule has 2 nitrogen and oxygen atoms in total. The molecule has 1 aromatic carbocycles. The molecule has 2 heteroatoms. The number of hydrogen-bond donors (Lipinski definition) is 1. The van der Waals surface area contributed by atoms with Gasteiger partial charge in [0, 0.05) is 24.2 Å². The number of likely N-dealkylation sites (N-methyl/N-ethyl adjacent to an activating group) is 1. The van der Waals surface area contributed by atoms with Crippen LogP contribution in [-0.4, -0.2) is 31.1 Å². The second-order valence-corrected chi connectivity index (χ2v) is 4.50. The Morgan fingerprint density at radius 2 is 2.00 bits per heavy atom. The molecule has 1 saturated heterocycles. The zero-order valence-corrected chi connectivity index (χ0v) is 10.5. The first-order valence-corrected chi connectivity index (χ1v) is 6.38. The Labute approximate surface area is 98.7 Å². The third kappa shape index (κ3) is 1.94. The number of hydrogen-bond acceptors (Lipinski definition) is 2. The maximum atomic E-state index is 3.63. The number of benzene rings is 1. The number of nitrogens with one attached hydrogen (secondary N) is 1. The lowest BCUT2D eigenvalue weighted by Gasteiger charge is -2.32. The average molecular weight is 218 g/mol. The molecule has 1 N–H and O–H groups in total. The van der Waals surface area contributed by atoms with Gasteiger partial charge in [0.25, 0.3) is 0 Å². The first kappa shape index (κ1) is 11.5. The van der Waals surface area contributed by atoms with Crippen LogP contribution in [0.2, 0.25) is 0 Å². The minimum Gasteiger partial charge on any atom is -0.380 e. The van der Waals surface area contributed by atoms with E-state index in [0.29, 0.717) is 6.04 Å². The fourth-order valence-electron chi connectivity index (χ4n) is 2.78. The molecule has 1 fully saturated rings. The van der Waals surface area contributed by atoms with Crippen molar-refractivity contribution in [1.29, 1.82) is 0 Å². The summed E-state index contributed by atoms with van der Waals surface area (Å²) in [7, 11) is 2.21. The normalized spacial score (nSPS) is 27.2. The van der Waals surface area contributed by atoms with Crippen molar-refractivity contribution < 1.29 is 0 Å². The van der Waals surface area contributed by atoms with Gasteiger partial charge in [-0.05, 0) is 31.6 Å². The largest absolute Gasteiger partial charge is 0.380 e. The molecule has 0 amide bonds. The number of para-hydroxylation sites is 1. The van der Waals surface area contributed by atoms with Gasteiger partial charge in [-0.15, -0.1) is 0 Å². The van der Waals surface area contributed by atoms with Crippen LogP contribution in [0.1, 0.15) is 31.7 Å². The smallest absolute Gasteiger partial charge is 0.0458 e. The van der Waals surface area contributed by atoms with Gasteiger partial charge < -0.3 is 10.2 Å². The van der Waals surface area contributed by atoms with E-state index in [9.17, 15) is 0 Å². The molecule has 0 spiro atoms. The van der Waals surface area contributed by atoms with Gasteiger partial charge in [0.05, 0.1) is 0 Å². The summed E-state index contributed by atoms with van der Waals surface area (Å²) in [5, 5.41) is 3.63. The Kier molecular flexibility index (Phi) is 3.49. The summed E-state index contributed by atoms with van der Waals surface area (Å²) in [4.78, 5) is 2.42. The molecule has 1 aromatic rings. The molecular formula is C14H22N2. The van der Waals surface area contributed by atoms with Crippen LogP contribution < -0.4 is 5.32 Å². The van der Waals surface area contributed by atoms with Crippen molar-refractivity contribution in [2.24, 2.45) is 0 Å². The van der Waals surface area contributed by atoms with Gasteiger partial charge in [-0.3, -0.25) is 0 Å². The van der Waals surface area contributed by atoms with Crippen molar-refractivity contribution >= 4 is 5.69 Å². The predicted octanol–water partition coefficient (Wildman–Crippen LogP) is 2.93. The van der Waals surface area contributed by atoms with Crippen molar-refractivity contribution in [3.63, 3.8) is 0 Å². The van der Waals surface area contributed by atoms with E-state index in [1.807, 2.05) is 13.8 Å². The molecule has 88 valence electrons. The standard InChI is InChI=1S/C12H16N2.C2H6/c1-14-7-6-10-9-4-2-3-5-11(9)13-12(10)8-14;1-2/h2-5,10,12-13H,6-8H2,1H3;1-2H3. The summed E-state index contributed by atoms with van der Waals surface area (Å²) < 4.78 is 0.